The highest BCUT2D eigenvalue weighted by Crippen LogP contribution is 2.25. The summed E-state index contributed by atoms with van der Waals surface area (Å²) in [5.41, 5.74) is 2.19. The van der Waals surface area contributed by atoms with E-state index in [9.17, 15) is 9.50 Å². The van der Waals surface area contributed by atoms with Crippen LogP contribution in [0.2, 0.25) is 0 Å². The Kier molecular flexibility index (Phi) is 3.54. The molecule has 2 rings (SSSR count). The third kappa shape index (κ3) is 2.70. The van der Waals surface area contributed by atoms with E-state index >= 15 is 0 Å². The molecule has 2 aromatic rings. The van der Waals surface area contributed by atoms with Crippen LogP contribution < -0.4 is 0 Å². The quantitative estimate of drug-likeness (QED) is 0.921. The summed E-state index contributed by atoms with van der Waals surface area (Å²) in [6.07, 6.45) is 1.72. The lowest BCUT2D eigenvalue weighted by atomic mass is 10.0. The van der Waals surface area contributed by atoms with Gasteiger partial charge in [-0.1, -0.05) is 28.1 Å². The van der Waals surface area contributed by atoms with Gasteiger partial charge < -0.3 is 5.11 Å². The summed E-state index contributed by atoms with van der Waals surface area (Å²) in [6, 6.07) is 6.81. The van der Waals surface area contributed by atoms with Crippen LogP contribution in [0.25, 0.3) is 0 Å². The molecule has 0 bridgehead atoms. The molecule has 0 saturated carbocycles. The first kappa shape index (κ1) is 12.2. The highest BCUT2D eigenvalue weighted by Gasteiger charge is 2.12. The number of benzene rings is 1. The molecular formula is C13H11BrFNO. The third-order valence-electron chi connectivity index (χ3n) is 2.54. The van der Waals surface area contributed by atoms with Crippen molar-refractivity contribution in [3.8, 4) is 0 Å². The Morgan fingerprint density at radius 1 is 1.24 bits per heavy atom. The molecule has 1 aromatic heterocycles. The zero-order valence-electron chi connectivity index (χ0n) is 9.19. The molecule has 4 heteroatoms. The summed E-state index contributed by atoms with van der Waals surface area (Å²) in [5, 5.41) is 10.1. The van der Waals surface area contributed by atoms with E-state index in [-0.39, 0.29) is 0 Å². The van der Waals surface area contributed by atoms with Gasteiger partial charge in [0.05, 0.1) is 6.20 Å². The maximum absolute atomic E-state index is 13.0. The first-order chi connectivity index (χ1) is 8.08. The number of nitrogens with zero attached hydrogens (tertiary/aromatic N) is 1. The zero-order chi connectivity index (χ0) is 12.4. The summed E-state index contributed by atoms with van der Waals surface area (Å²) in [4.78, 5) is 3.73. The van der Waals surface area contributed by atoms with E-state index in [1.807, 2.05) is 19.1 Å². The molecule has 1 N–H and O–H groups in total. The van der Waals surface area contributed by atoms with Crippen molar-refractivity contribution in [3.05, 3.63) is 63.6 Å². The number of hydrogen-bond acceptors (Lipinski definition) is 2. The van der Waals surface area contributed by atoms with Crippen LogP contribution in [-0.2, 0) is 0 Å². The van der Waals surface area contributed by atoms with E-state index in [2.05, 4.69) is 20.9 Å². The molecule has 1 aromatic carbocycles. The van der Waals surface area contributed by atoms with Crippen molar-refractivity contribution in [3.63, 3.8) is 0 Å². The van der Waals surface area contributed by atoms with Gasteiger partial charge in [0, 0.05) is 16.2 Å². The predicted octanol–water partition coefficient (Wildman–Crippen LogP) is 3.37. The first-order valence-corrected chi connectivity index (χ1v) is 5.92. The van der Waals surface area contributed by atoms with Gasteiger partial charge >= 0.3 is 0 Å². The van der Waals surface area contributed by atoms with Crippen LogP contribution in [0.15, 0.2) is 41.1 Å². The standard InChI is InChI=1S/C13H11BrFNO/c1-8-4-9(2-3-12(8)14)13(17)10-5-11(15)7-16-6-10/h2-7,13,17H,1H3. The molecule has 1 heterocycles. The second-order valence-corrected chi connectivity index (χ2v) is 4.70. The van der Waals surface area contributed by atoms with Crippen LogP contribution >= 0.6 is 15.9 Å². The normalized spacial score (nSPS) is 12.5. The van der Waals surface area contributed by atoms with Gasteiger partial charge in [0.25, 0.3) is 0 Å². The Labute approximate surface area is 107 Å². The number of hydrogen-bond donors (Lipinski definition) is 1. The fourth-order valence-corrected chi connectivity index (χ4v) is 1.85. The number of aliphatic hydroxyl groups excluding tert-OH is 1. The predicted molar refractivity (Wildman–Crippen MR) is 67.1 cm³/mol. The maximum atomic E-state index is 13.0. The van der Waals surface area contributed by atoms with E-state index in [0.717, 1.165) is 21.8 Å². The van der Waals surface area contributed by atoms with Crippen molar-refractivity contribution in [1.29, 1.82) is 0 Å². The lowest BCUT2D eigenvalue weighted by Crippen LogP contribution is -2.01. The van der Waals surface area contributed by atoms with Crippen LogP contribution in [0.4, 0.5) is 4.39 Å². The summed E-state index contributed by atoms with van der Waals surface area (Å²) in [5.74, 6) is -0.449. The molecule has 0 radical (unpaired) electrons. The minimum absolute atomic E-state index is 0.449. The molecule has 2 nitrogen and oxygen atoms in total. The molecule has 0 aliphatic carbocycles. The van der Waals surface area contributed by atoms with Crippen molar-refractivity contribution in [2.24, 2.45) is 0 Å². The molecule has 0 aliphatic rings. The minimum atomic E-state index is -0.856. The van der Waals surface area contributed by atoms with Gasteiger partial charge in [0.2, 0.25) is 0 Å². The zero-order valence-corrected chi connectivity index (χ0v) is 10.8. The number of rotatable bonds is 2. The molecule has 17 heavy (non-hydrogen) atoms. The van der Waals surface area contributed by atoms with Crippen LogP contribution in [0.5, 0.6) is 0 Å². The molecular weight excluding hydrogens is 285 g/mol. The highest BCUT2D eigenvalue weighted by atomic mass is 79.9. The van der Waals surface area contributed by atoms with Gasteiger partial charge in [-0.2, -0.15) is 0 Å². The average molecular weight is 296 g/mol. The number of aryl methyl sites for hydroxylation is 1. The third-order valence-corrected chi connectivity index (χ3v) is 3.43. The maximum Gasteiger partial charge on any atom is 0.141 e. The van der Waals surface area contributed by atoms with Crippen LogP contribution in [-0.4, -0.2) is 10.1 Å². The Hall–Kier alpha value is -1.26. The fourth-order valence-electron chi connectivity index (χ4n) is 1.61. The van der Waals surface area contributed by atoms with Crippen molar-refractivity contribution >= 4 is 15.9 Å². The van der Waals surface area contributed by atoms with Gasteiger partial charge in [-0.05, 0) is 30.2 Å². The van der Waals surface area contributed by atoms with Crippen LogP contribution in [0, 0.1) is 12.7 Å². The van der Waals surface area contributed by atoms with Crippen molar-refractivity contribution < 1.29 is 9.50 Å². The van der Waals surface area contributed by atoms with E-state index < -0.39 is 11.9 Å². The van der Waals surface area contributed by atoms with E-state index in [1.54, 1.807) is 6.07 Å². The number of aromatic nitrogens is 1. The summed E-state index contributed by atoms with van der Waals surface area (Å²) < 4.78 is 14.0. The first-order valence-electron chi connectivity index (χ1n) is 5.12. The Balaban J connectivity index is 2.36. The van der Waals surface area contributed by atoms with Crippen molar-refractivity contribution in [2.45, 2.75) is 13.0 Å². The van der Waals surface area contributed by atoms with Gasteiger partial charge in [-0.3, -0.25) is 4.98 Å². The highest BCUT2D eigenvalue weighted by molar-refractivity contribution is 9.10. The SMILES string of the molecule is Cc1cc(C(O)c2cncc(F)c2)ccc1Br. The van der Waals surface area contributed by atoms with Crippen molar-refractivity contribution in [1.82, 2.24) is 4.98 Å². The van der Waals surface area contributed by atoms with Crippen molar-refractivity contribution in [2.75, 3.05) is 0 Å². The summed E-state index contributed by atoms with van der Waals surface area (Å²) in [6.45, 7) is 1.93. The van der Waals surface area contributed by atoms with E-state index in [4.69, 9.17) is 0 Å². The average Bonchev–Trinajstić information content (AvgIpc) is 2.32. The molecule has 0 aliphatic heterocycles. The number of pyridine rings is 1. The largest absolute Gasteiger partial charge is 0.384 e. The molecule has 0 saturated heterocycles. The second-order valence-electron chi connectivity index (χ2n) is 3.85. The smallest absolute Gasteiger partial charge is 0.141 e. The monoisotopic (exact) mass is 295 g/mol. The summed E-state index contributed by atoms with van der Waals surface area (Å²) in [7, 11) is 0. The van der Waals surface area contributed by atoms with E-state index in [1.165, 1.54) is 12.3 Å². The topological polar surface area (TPSA) is 33.1 Å². The van der Waals surface area contributed by atoms with Gasteiger partial charge in [-0.15, -0.1) is 0 Å². The van der Waals surface area contributed by atoms with E-state index in [0.29, 0.717) is 5.56 Å². The Bertz CT molecular complexity index is 545. The fraction of sp³-hybridized carbons (Fsp3) is 0.154. The molecule has 0 amide bonds. The van der Waals surface area contributed by atoms with Gasteiger partial charge in [0.15, 0.2) is 0 Å². The molecule has 1 atom stereocenters. The van der Waals surface area contributed by atoms with Crippen LogP contribution in [0.1, 0.15) is 22.8 Å². The molecule has 88 valence electrons. The molecule has 0 spiro atoms. The van der Waals surface area contributed by atoms with Gasteiger partial charge in [0.1, 0.15) is 11.9 Å². The van der Waals surface area contributed by atoms with Gasteiger partial charge in [-0.25, -0.2) is 4.39 Å². The van der Waals surface area contributed by atoms with Crippen LogP contribution in [0.3, 0.4) is 0 Å². The lowest BCUT2D eigenvalue weighted by Gasteiger charge is -2.12. The Morgan fingerprint density at radius 3 is 2.65 bits per heavy atom. The summed E-state index contributed by atoms with van der Waals surface area (Å²) >= 11 is 3.39. The Morgan fingerprint density at radius 2 is 2.00 bits per heavy atom. The number of halogens is 2. The molecule has 1 unspecified atom stereocenters. The second kappa shape index (κ2) is 4.94. The molecule has 0 fully saturated rings. The number of aliphatic hydroxyl groups is 1. The minimum Gasteiger partial charge on any atom is -0.384 e. The lowest BCUT2D eigenvalue weighted by molar-refractivity contribution is 0.219.